The van der Waals surface area contributed by atoms with Crippen LogP contribution in [-0.2, 0) is 13.6 Å². The van der Waals surface area contributed by atoms with Crippen molar-refractivity contribution < 1.29 is 14.7 Å². The summed E-state index contributed by atoms with van der Waals surface area (Å²) in [7, 11) is 1.77. The van der Waals surface area contributed by atoms with E-state index in [-0.39, 0.29) is 17.8 Å². The Hall–Kier alpha value is -2.54. The second kappa shape index (κ2) is 6.27. The SMILES string of the molecule is Cn1ccc(CNC(=O)Nc2cc(Cl)ccc2C(=O)O)n1. The number of aryl methyl sites for hydroxylation is 1. The van der Waals surface area contributed by atoms with Crippen LogP contribution in [0.4, 0.5) is 10.5 Å². The van der Waals surface area contributed by atoms with Gasteiger partial charge in [-0.25, -0.2) is 9.59 Å². The lowest BCUT2D eigenvalue weighted by atomic mass is 10.2. The van der Waals surface area contributed by atoms with Gasteiger partial charge in [0.1, 0.15) is 0 Å². The van der Waals surface area contributed by atoms with Gasteiger partial charge >= 0.3 is 12.0 Å². The number of carboxylic acids is 1. The summed E-state index contributed by atoms with van der Waals surface area (Å²) in [6.07, 6.45) is 1.76. The van der Waals surface area contributed by atoms with Crippen molar-refractivity contribution in [3.63, 3.8) is 0 Å². The summed E-state index contributed by atoms with van der Waals surface area (Å²) in [4.78, 5) is 22.9. The van der Waals surface area contributed by atoms with Crippen LogP contribution in [0.5, 0.6) is 0 Å². The number of hydrogen-bond acceptors (Lipinski definition) is 3. The van der Waals surface area contributed by atoms with Gasteiger partial charge in [-0.2, -0.15) is 5.10 Å². The first-order valence-electron chi connectivity index (χ1n) is 6.02. The van der Waals surface area contributed by atoms with Crippen molar-refractivity contribution in [2.45, 2.75) is 6.54 Å². The molecular weight excluding hydrogens is 296 g/mol. The highest BCUT2D eigenvalue weighted by Gasteiger charge is 2.13. The minimum Gasteiger partial charge on any atom is -0.478 e. The molecule has 0 aliphatic carbocycles. The maximum Gasteiger partial charge on any atom is 0.337 e. The summed E-state index contributed by atoms with van der Waals surface area (Å²) in [6, 6.07) is 5.39. The van der Waals surface area contributed by atoms with E-state index in [1.54, 1.807) is 24.0 Å². The fourth-order valence-electron chi connectivity index (χ4n) is 1.70. The number of carbonyl (C=O) groups excluding carboxylic acids is 1. The molecule has 2 rings (SSSR count). The van der Waals surface area contributed by atoms with Gasteiger partial charge in [0, 0.05) is 18.3 Å². The highest BCUT2D eigenvalue weighted by Crippen LogP contribution is 2.21. The topological polar surface area (TPSA) is 96.2 Å². The number of aromatic carboxylic acids is 1. The summed E-state index contributed by atoms with van der Waals surface area (Å²) in [5, 5.41) is 18.5. The molecule has 8 heteroatoms. The van der Waals surface area contributed by atoms with E-state index in [2.05, 4.69) is 15.7 Å². The van der Waals surface area contributed by atoms with Gasteiger partial charge in [-0.3, -0.25) is 4.68 Å². The molecule has 3 N–H and O–H groups in total. The Balaban J connectivity index is 2.02. The number of anilines is 1. The van der Waals surface area contributed by atoms with Crippen molar-refractivity contribution in [3.8, 4) is 0 Å². The first-order valence-corrected chi connectivity index (χ1v) is 6.39. The van der Waals surface area contributed by atoms with Gasteiger partial charge in [0.25, 0.3) is 0 Å². The van der Waals surface area contributed by atoms with E-state index in [0.717, 1.165) is 0 Å². The molecule has 7 nitrogen and oxygen atoms in total. The summed E-state index contributed by atoms with van der Waals surface area (Å²) in [5.41, 5.74) is 0.790. The van der Waals surface area contributed by atoms with Crippen molar-refractivity contribution in [3.05, 3.63) is 46.7 Å². The monoisotopic (exact) mass is 308 g/mol. The predicted octanol–water partition coefficient (Wildman–Crippen LogP) is 2.09. The lowest BCUT2D eigenvalue weighted by Crippen LogP contribution is -2.29. The Morgan fingerprint density at radius 3 is 2.76 bits per heavy atom. The Morgan fingerprint density at radius 2 is 2.14 bits per heavy atom. The van der Waals surface area contributed by atoms with Gasteiger partial charge in [-0.05, 0) is 24.3 Å². The lowest BCUT2D eigenvalue weighted by Gasteiger charge is -2.09. The minimum atomic E-state index is -1.15. The quantitative estimate of drug-likeness (QED) is 0.805. The molecule has 0 aliphatic rings. The number of nitrogens with one attached hydrogen (secondary N) is 2. The van der Waals surface area contributed by atoms with E-state index in [1.165, 1.54) is 18.2 Å². The summed E-state index contributed by atoms with van der Waals surface area (Å²) in [5.74, 6) is -1.15. The standard InChI is InChI=1S/C13H13ClN4O3/c1-18-5-4-9(17-18)7-15-13(21)16-11-6-8(14)2-3-10(11)12(19)20/h2-6H,7H2,1H3,(H,19,20)(H2,15,16,21). The number of halogens is 1. The zero-order valence-electron chi connectivity index (χ0n) is 11.1. The number of carboxylic acid groups (broad SMARTS) is 1. The number of benzene rings is 1. The molecule has 0 bridgehead atoms. The average Bonchev–Trinajstić information content (AvgIpc) is 2.82. The fourth-order valence-corrected chi connectivity index (χ4v) is 1.87. The van der Waals surface area contributed by atoms with Crippen molar-refractivity contribution >= 4 is 29.3 Å². The largest absolute Gasteiger partial charge is 0.478 e. The third-order valence-electron chi connectivity index (χ3n) is 2.66. The van der Waals surface area contributed by atoms with Crippen LogP contribution in [0, 0.1) is 0 Å². The van der Waals surface area contributed by atoms with Gasteiger partial charge in [-0.1, -0.05) is 11.6 Å². The van der Waals surface area contributed by atoms with Crippen LogP contribution in [0.1, 0.15) is 16.1 Å². The van der Waals surface area contributed by atoms with Crippen LogP contribution in [0.2, 0.25) is 5.02 Å². The number of hydrogen-bond donors (Lipinski definition) is 3. The molecule has 1 heterocycles. The lowest BCUT2D eigenvalue weighted by molar-refractivity contribution is 0.0698. The van der Waals surface area contributed by atoms with Crippen LogP contribution in [0.15, 0.2) is 30.5 Å². The van der Waals surface area contributed by atoms with Crippen molar-refractivity contribution in [2.24, 2.45) is 7.05 Å². The zero-order valence-corrected chi connectivity index (χ0v) is 11.9. The summed E-state index contributed by atoms with van der Waals surface area (Å²) in [6.45, 7) is 0.232. The Kier molecular flexibility index (Phi) is 4.44. The molecule has 0 saturated heterocycles. The van der Waals surface area contributed by atoms with Gasteiger partial charge < -0.3 is 15.7 Å². The number of amides is 2. The molecule has 0 spiro atoms. The van der Waals surface area contributed by atoms with Gasteiger partial charge in [0.05, 0.1) is 23.5 Å². The molecule has 0 radical (unpaired) electrons. The molecule has 0 atom stereocenters. The number of carbonyl (C=O) groups is 2. The fraction of sp³-hybridized carbons (Fsp3) is 0.154. The molecule has 110 valence electrons. The maximum absolute atomic E-state index is 11.8. The molecule has 0 fully saturated rings. The third kappa shape index (κ3) is 3.96. The molecule has 0 aliphatic heterocycles. The first kappa shape index (κ1) is 14.9. The van der Waals surface area contributed by atoms with E-state index >= 15 is 0 Å². The van der Waals surface area contributed by atoms with Crippen LogP contribution in [-0.4, -0.2) is 26.9 Å². The van der Waals surface area contributed by atoms with E-state index in [4.69, 9.17) is 16.7 Å². The predicted molar refractivity (Wildman–Crippen MR) is 77.5 cm³/mol. The molecule has 2 amide bonds. The van der Waals surface area contributed by atoms with Gasteiger partial charge in [0.15, 0.2) is 0 Å². The van der Waals surface area contributed by atoms with Crippen LogP contribution < -0.4 is 10.6 Å². The molecule has 2 aromatic rings. The Bertz CT molecular complexity index is 684. The number of aromatic nitrogens is 2. The molecule has 21 heavy (non-hydrogen) atoms. The van der Waals surface area contributed by atoms with Gasteiger partial charge in [0.2, 0.25) is 0 Å². The third-order valence-corrected chi connectivity index (χ3v) is 2.89. The second-order valence-electron chi connectivity index (χ2n) is 4.28. The Labute approximate surface area is 125 Å². The number of urea groups is 1. The van der Waals surface area contributed by atoms with Crippen LogP contribution in [0.25, 0.3) is 0 Å². The van der Waals surface area contributed by atoms with E-state index < -0.39 is 12.0 Å². The smallest absolute Gasteiger partial charge is 0.337 e. The molecule has 1 aromatic heterocycles. The molecular formula is C13H13ClN4O3. The maximum atomic E-state index is 11.8. The highest BCUT2D eigenvalue weighted by molar-refractivity contribution is 6.31. The second-order valence-corrected chi connectivity index (χ2v) is 4.72. The minimum absolute atomic E-state index is 0.0348. The van der Waals surface area contributed by atoms with Crippen LogP contribution in [0.3, 0.4) is 0 Å². The average molecular weight is 309 g/mol. The van der Waals surface area contributed by atoms with E-state index in [0.29, 0.717) is 10.7 Å². The highest BCUT2D eigenvalue weighted by atomic mass is 35.5. The number of nitrogens with zero attached hydrogens (tertiary/aromatic N) is 2. The summed E-state index contributed by atoms with van der Waals surface area (Å²) >= 11 is 5.80. The zero-order chi connectivity index (χ0) is 15.4. The van der Waals surface area contributed by atoms with Crippen molar-refractivity contribution in [1.29, 1.82) is 0 Å². The molecule has 0 unspecified atom stereocenters. The van der Waals surface area contributed by atoms with E-state index in [1.807, 2.05) is 0 Å². The van der Waals surface area contributed by atoms with Crippen LogP contribution >= 0.6 is 11.6 Å². The Morgan fingerprint density at radius 1 is 1.38 bits per heavy atom. The normalized spacial score (nSPS) is 10.2. The molecule has 0 saturated carbocycles. The number of rotatable bonds is 4. The first-order chi connectivity index (χ1) is 9.95. The molecule has 1 aromatic carbocycles. The van der Waals surface area contributed by atoms with E-state index in [9.17, 15) is 9.59 Å². The van der Waals surface area contributed by atoms with Crippen molar-refractivity contribution in [2.75, 3.05) is 5.32 Å². The summed E-state index contributed by atoms with van der Waals surface area (Å²) < 4.78 is 1.62. The van der Waals surface area contributed by atoms with Gasteiger partial charge in [-0.15, -0.1) is 0 Å². The van der Waals surface area contributed by atoms with Crippen molar-refractivity contribution in [1.82, 2.24) is 15.1 Å².